The molecular weight excluding hydrogens is 353 g/mol. The van der Waals surface area contributed by atoms with Gasteiger partial charge in [-0.25, -0.2) is 13.1 Å². The first-order chi connectivity index (χ1) is 10.5. The van der Waals surface area contributed by atoms with Crippen LogP contribution in [-0.2, 0) is 16.2 Å². The van der Waals surface area contributed by atoms with Gasteiger partial charge in [-0.05, 0) is 43.0 Å². The molecule has 0 bridgehead atoms. The summed E-state index contributed by atoms with van der Waals surface area (Å²) in [5.41, 5.74) is -1.58. The Bertz CT molecular complexity index is 671. The van der Waals surface area contributed by atoms with E-state index in [1.54, 1.807) is 0 Å². The van der Waals surface area contributed by atoms with Crippen LogP contribution in [0.3, 0.4) is 0 Å². The van der Waals surface area contributed by atoms with Crippen molar-refractivity contribution in [2.24, 2.45) is 5.41 Å². The molecule has 2 N–H and O–H groups in total. The molecule has 1 aliphatic heterocycles. The number of hydrogen-bond donors (Lipinski definition) is 2. The average Bonchev–Trinajstić information content (AvgIpc) is 2.45. The summed E-state index contributed by atoms with van der Waals surface area (Å²) in [5.74, 6) is 0. The van der Waals surface area contributed by atoms with Crippen LogP contribution in [0.5, 0.6) is 0 Å². The largest absolute Gasteiger partial charge is 0.417 e. The van der Waals surface area contributed by atoms with Gasteiger partial charge in [-0.2, -0.15) is 13.2 Å². The van der Waals surface area contributed by atoms with Crippen LogP contribution in [0.4, 0.5) is 13.2 Å². The van der Waals surface area contributed by atoms with Crippen molar-refractivity contribution in [1.82, 2.24) is 10.0 Å². The number of alkyl halides is 3. The molecule has 130 valence electrons. The lowest BCUT2D eigenvalue weighted by Crippen LogP contribution is -2.45. The van der Waals surface area contributed by atoms with Crippen molar-refractivity contribution in [3.8, 4) is 0 Å². The Hall–Kier alpha value is -0.830. The number of hydrogen-bond acceptors (Lipinski definition) is 3. The predicted octanol–water partition coefficient (Wildman–Crippen LogP) is 3.03. The molecule has 0 aromatic heterocycles. The van der Waals surface area contributed by atoms with Gasteiger partial charge in [-0.15, -0.1) is 0 Å². The minimum atomic E-state index is -4.80. The summed E-state index contributed by atoms with van der Waals surface area (Å²) in [6, 6.07) is 2.64. The zero-order chi connectivity index (χ0) is 17.3. The van der Waals surface area contributed by atoms with E-state index in [-0.39, 0.29) is 17.0 Å². The van der Waals surface area contributed by atoms with Crippen LogP contribution in [0, 0.1) is 5.41 Å². The fraction of sp³-hybridized carbons (Fsp3) is 0.571. The molecule has 9 heteroatoms. The maximum atomic E-state index is 13.1. The summed E-state index contributed by atoms with van der Waals surface area (Å²) in [4.78, 5) is -0.804. The summed E-state index contributed by atoms with van der Waals surface area (Å²) in [7, 11) is -4.28. The van der Waals surface area contributed by atoms with Gasteiger partial charge in [-0.1, -0.05) is 18.5 Å². The molecule has 0 spiro atoms. The van der Waals surface area contributed by atoms with Crippen LogP contribution in [0.2, 0.25) is 5.02 Å². The van der Waals surface area contributed by atoms with Gasteiger partial charge in [0.1, 0.15) is 0 Å². The van der Waals surface area contributed by atoms with Crippen molar-refractivity contribution >= 4 is 21.6 Å². The maximum Gasteiger partial charge on any atom is 0.417 e. The smallest absolute Gasteiger partial charge is 0.316 e. The molecule has 0 saturated carbocycles. The Labute approximate surface area is 138 Å². The first-order valence-electron chi connectivity index (χ1n) is 7.11. The quantitative estimate of drug-likeness (QED) is 0.856. The standard InChI is InChI=1S/C14H18ClF3N2O2S/c1-13(5-2-6-19-8-13)9-20-23(21,22)12-4-3-10(15)7-11(12)14(16,17)18/h3-4,7,19-20H,2,5-6,8-9H2,1H3. The van der Waals surface area contributed by atoms with Gasteiger partial charge in [0.15, 0.2) is 0 Å². The molecule has 1 aliphatic rings. The molecule has 0 amide bonds. The van der Waals surface area contributed by atoms with Crippen molar-refractivity contribution in [3.63, 3.8) is 0 Å². The molecule has 0 radical (unpaired) electrons. The molecule has 1 aromatic rings. The second kappa shape index (κ2) is 6.58. The molecular formula is C14H18ClF3N2O2S. The van der Waals surface area contributed by atoms with Crippen LogP contribution < -0.4 is 10.0 Å². The molecule has 1 heterocycles. The van der Waals surface area contributed by atoms with E-state index in [1.165, 1.54) is 0 Å². The molecule has 1 unspecified atom stereocenters. The van der Waals surface area contributed by atoms with Crippen LogP contribution >= 0.6 is 11.6 Å². The first-order valence-corrected chi connectivity index (χ1v) is 8.97. The second-order valence-electron chi connectivity index (χ2n) is 6.05. The Morgan fingerprint density at radius 3 is 2.65 bits per heavy atom. The zero-order valence-electron chi connectivity index (χ0n) is 12.5. The average molecular weight is 371 g/mol. The number of sulfonamides is 1. The topological polar surface area (TPSA) is 58.2 Å². The summed E-state index contributed by atoms with van der Waals surface area (Å²) < 4.78 is 66.2. The van der Waals surface area contributed by atoms with Gasteiger partial charge in [0.05, 0.1) is 10.5 Å². The fourth-order valence-electron chi connectivity index (χ4n) is 2.57. The highest BCUT2D eigenvalue weighted by Crippen LogP contribution is 2.36. The number of nitrogens with one attached hydrogen (secondary N) is 2. The van der Waals surface area contributed by atoms with Gasteiger partial charge in [0, 0.05) is 18.1 Å². The molecule has 1 atom stereocenters. The van der Waals surface area contributed by atoms with E-state index in [1.807, 2.05) is 6.92 Å². The van der Waals surface area contributed by atoms with E-state index in [4.69, 9.17) is 11.6 Å². The molecule has 2 rings (SSSR count). The van der Waals surface area contributed by atoms with Crippen molar-refractivity contribution in [3.05, 3.63) is 28.8 Å². The molecule has 1 saturated heterocycles. The summed E-state index contributed by atoms with van der Waals surface area (Å²) >= 11 is 5.57. The number of rotatable bonds is 4. The molecule has 4 nitrogen and oxygen atoms in total. The molecule has 1 fully saturated rings. The van der Waals surface area contributed by atoms with E-state index in [0.29, 0.717) is 12.6 Å². The summed E-state index contributed by atoms with van der Waals surface area (Å²) in [6.07, 6.45) is -3.10. The zero-order valence-corrected chi connectivity index (χ0v) is 14.1. The van der Waals surface area contributed by atoms with E-state index >= 15 is 0 Å². The normalized spacial score (nSPS) is 23.0. The van der Waals surface area contributed by atoms with Gasteiger partial charge in [0.25, 0.3) is 0 Å². The van der Waals surface area contributed by atoms with E-state index in [2.05, 4.69) is 10.0 Å². The molecule has 0 aliphatic carbocycles. The Morgan fingerprint density at radius 1 is 1.39 bits per heavy atom. The molecule has 23 heavy (non-hydrogen) atoms. The van der Waals surface area contributed by atoms with E-state index in [0.717, 1.165) is 31.5 Å². The van der Waals surface area contributed by atoms with Crippen LogP contribution in [0.1, 0.15) is 25.3 Å². The highest BCUT2D eigenvalue weighted by atomic mass is 35.5. The highest BCUT2D eigenvalue weighted by Gasteiger charge is 2.38. The van der Waals surface area contributed by atoms with E-state index < -0.39 is 26.7 Å². The van der Waals surface area contributed by atoms with Crippen LogP contribution in [0.25, 0.3) is 0 Å². The third kappa shape index (κ3) is 4.59. The lowest BCUT2D eigenvalue weighted by Gasteiger charge is -2.34. The number of piperidine rings is 1. The maximum absolute atomic E-state index is 13.1. The van der Waals surface area contributed by atoms with Crippen molar-refractivity contribution in [1.29, 1.82) is 0 Å². The summed E-state index contributed by atoms with van der Waals surface area (Å²) in [5, 5.41) is 3.00. The summed E-state index contributed by atoms with van der Waals surface area (Å²) in [6.45, 7) is 3.44. The predicted molar refractivity (Wildman–Crippen MR) is 81.9 cm³/mol. The van der Waals surface area contributed by atoms with Crippen LogP contribution in [0.15, 0.2) is 23.1 Å². The minimum Gasteiger partial charge on any atom is -0.316 e. The lowest BCUT2D eigenvalue weighted by molar-refractivity contribution is -0.139. The van der Waals surface area contributed by atoms with Gasteiger partial charge >= 0.3 is 6.18 Å². The SMILES string of the molecule is CC1(CNS(=O)(=O)c2ccc(Cl)cc2C(F)(F)F)CCCNC1. The number of benzene rings is 1. The third-order valence-corrected chi connectivity index (χ3v) is 5.61. The minimum absolute atomic E-state index is 0.0717. The Balaban J connectivity index is 2.26. The third-order valence-electron chi connectivity index (χ3n) is 3.91. The second-order valence-corrected chi connectivity index (χ2v) is 8.23. The van der Waals surface area contributed by atoms with Gasteiger partial charge < -0.3 is 5.32 Å². The molecule has 1 aromatic carbocycles. The van der Waals surface area contributed by atoms with Gasteiger partial charge in [0.2, 0.25) is 10.0 Å². The Kier molecular flexibility index (Phi) is 5.30. The van der Waals surface area contributed by atoms with Crippen molar-refractivity contribution in [2.45, 2.75) is 30.8 Å². The van der Waals surface area contributed by atoms with Crippen molar-refractivity contribution < 1.29 is 21.6 Å². The highest BCUT2D eigenvalue weighted by molar-refractivity contribution is 7.89. The lowest BCUT2D eigenvalue weighted by atomic mass is 9.83. The van der Waals surface area contributed by atoms with Crippen LogP contribution in [-0.4, -0.2) is 28.1 Å². The fourth-order valence-corrected chi connectivity index (χ4v) is 4.15. The van der Waals surface area contributed by atoms with E-state index in [9.17, 15) is 21.6 Å². The number of halogens is 4. The van der Waals surface area contributed by atoms with Gasteiger partial charge in [-0.3, -0.25) is 0 Å². The Morgan fingerprint density at radius 2 is 2.09 bits per heavy atom. The first kappa shape index (κ1) is 18.5. The monoisotopic (exact) mass is 370 g/mol. The van der Waals surface area contributed by atoms with Crippen molar-refractivity contribution in [2.75, 3.05) is 19.6 Å².